The second kappa shape index (κ2) is 6.72. The van der Waals surface area contributed by atoms with Crippen LogP contribution < -0.4 is 9.62 Å². The van der Waals surface area contributed by atoms with Crippen LogP contribution in [-0.4, -0.2) is 27.6 Å². The SMILES string of the molecule is Cc1cc(NC(=O)c2ccccc2N(C)S(C)(=O)=O)ccc1Br. The number of amides is 1. The molecular formula is C16H17BrN2O3S. The van der Waals surface area contributed by atoms with Gasteiger partial charge in [-0.25, -0.2) is 8.42 Å². The van der Waals surface area contributed by atoms with Gasteiger partial charge >= 0.3 is 0 Å². The van der Waals surface area contributed by atoms with Crippen LogP contribution in [0.5, 0.6) is 0 Å². The number of sulfonamides is 1. The van der Waals surface area contributed by atoms with Crippen molar-refractivity contribution >= 4 is 43.2 Å². The average Bonchev–Trinajstić information content (AvgIpc) is 2.49. The number of hydrogen-bond donors (Lipinski definition) is 1. The Morgan fingerprint density at radius 1 is 1.17 bits per heavy atom. The molecule has 0 saturated heterocycles. The summed E-state index contributed by atoms with van der Waals surface area (Å²) in [6, 6.07) is 12.0. The van der Waals surface area contributed by atoms with Gasteiger partial charge in [0, 0.05) is 17.2 Å². The van der Waals surface area contributed by atoms with Gasteiger partial charge in [-0.2, -0.15) is 0 Å². The smallest absolute Gasteiger partial charge is 0.257 e. The van der Waals surface area contributed by atoms with Crippen LogP contribution in [0.25, 0.3) is 0 Å². The molecule has 0 aliphatic carbocycles. The van der Waals surface area contributed by atoms with Crippen LogP contribution in [0, 0.1) is 6.92 Å². The first kappa shape index (κ1) is 17.5. The lowest BCUT2D eigenvalue weighted by atomic mass is 10.1. The lowest BCUT2D eigenvalue weighted by Gasteiger charge is -2.19. The molecule has 23 heavy (non-hydrogen) atoms. The molecular weight excluding hydrogens is 380 g/mol. The zero-order valence-electron chi connectivity index (χ0n) is 13.0. The maximum absolute atomic E-state index is 12.5. The highest BCUT2D eigenvalue weighted by molar-refractivity contribution is 9.10. The number of benzene rings is 2. The number of para-hydroxylation sites is 1. The van der Waals surface area contributed by atoms with Crippen LogP contribution in [0.15, 0.2) is 46.9 Å². The van der Waals surface area contributed by atoms with E-state index < -0.39 is 10.0 Å². The third kappa shape index (κ3) is 4.11. The van der Waals surface area contributed by atoms with Crippen molar-refractivity contribution in [2.45, 2.75) is 6.92 Å². The number of rotatable bonds is 4. The van der Waals surface area contributed by atoms with Gasteiger partial charge in [-0.3, -0.25) is 9.10 Å². The molecule has 122 valence electrons. The average molecular weight is 397 g/mol. The van der Waals surface area contributed by atoms with E-state index in [4.69, 9.17) is 0 Å². The molecule has 2 aromatic rings. The maximum atomic E-state index is 12.5. The number of aryl methyl sites for hydroxylation is 1. The van der Waals surface area contributed by atoms with Gasteiger partial charge in [0.2, 0.25) is 10.0 Å². The summed E-state index contributed by atoms with van der Waals surface area (Å²) in [4.78, 5) is 12.5. The summed E-state index contributed by atoms with van der Waals surface area (Å²) in [7, 11) is -2.03. The van der Waals surface area contributed by atoms with E-state index in [0.29, 0.717) is 16.9 Å². The molecule has 0 heterocycles. The molecule has 0 aliphatic heterocycles. The van der Waals surface area contributed by atoms with E-state index in [1.54, 1.807) is 30.3 Å². The highest BCUT2D eigenvalue weighted by Crippen LogP contribution is 2.24. The minimum absolute atomic E-state index is 0.293. The first-order chi connectivity index (χ1) is 10.7. The van der Waals surface area contributed by atoms with E-state index in [9.17, 15) is 13.2 Å². The van der Waals surface area contributed by atoms with Gasteiger partial charge < -0.3 is 5.32 Å². The Kier molecular flexibility index (Phi) is 5.11. The van der Waals surface area contributed by atoms with Crippen LogP contribution in [0.1, 0.15) is 15.9 Å². The van der Waals surface area contributed by atoms with Crippen LogP contribution in [0.3, 0.4) is 0 Å². The minimum atomic E-state index is -3.45. The Bertz CT molecular complexity index is 850. The van der Waals surface area contributed by atoms with Gasteiger partial charge in [-0.05, 0) is 42.8 Å². The number of hydrogen-bond acceptors (Lipinski definition) is 3. The lowest BCUT2D eigenvalue weighted by molar-refractivity contribution is 0.102. The third-order valence-electron chi connectivity index (χ3n) is 3.40. The zero-order valence-corrected chi connectivity index (χ0v) is 15.4. The predicted molar refractivity (Wildman–Crippen MR) is 96.5 cm³/mol. The fraction of sp³-hybridized carbons (Fsp3) is 0.188. The van der Waals surface area contributed by atoms with Crippen LogP contribution >= 0.6 is 15.9 Å². The zero-order chi connectivity index (χ0) is 17.2. The fourth-order valence-electron chi connectivity index (χ4n) is 2.04. The largest absolute Gasteiger partial charge is 0.322 e. The van der Waals surface area contributed by atoms with E-state index in [-0.39, 0.29) is 5.91 Å². The second-order valence-corrected chi connectivity index (χ2v) is 8.03. The van der Waals surface area contributed by atoms with Gasteiger partial charge in [0.15, 0.2) is 0 Å². The predicted octanol–water partition coefficient (Wildman–Crippen LogP) is 3.41. The van der Waals surface area contributed by atoms with Crippen molar-refractivity contribution < 1.29 is 13.2 Å². The molecule has 2 aromatic carbocycles. The molecule has 0 bridgehead atoms. The first-order valence-corrected chi connectivity index (χ1v) is 9.44. The Morgan fingerprint density at radius 3 is 2.43 bits per heavy atom. The standard InChI is InChI=1S/C16H17BrN2O3S/c1-11-10-12(8-9-14(11)17)18-16(20)13-6-4-5-7-15(13)19(2)23(3,21)22/h4-10H,1-3H3,(H,18,20). The van der Waals surface area contributed by atoms with Crippen molar-refractivity contribution in [3.63, 3.8) is 0 Å². The summed E-state index contributed by atoms with van der Waals surface area (Å²) >= 11 is 3.41. The Hall–Kier alpha value is -1.86. The van der Waals surface area contributed by atoms with E-state index >= 15 is 0 Å². The maximum Gasteiger partial charge on any atom is 0.257 e. The molecule has 2 rings (SSSR count). The second-order valence-electron chi connectivity index (χ2n) is 5.17. The summed E-state index contributed by atoms with van der Waals surface area (Å²) in [5.74, 6) is -0.363. The van der Waals surface area contributed by atoms with Crippen LogP contribution in [-0.2, 0) is 10.0 Å². The van der Waals surface area contributed by atoms with Gasteiger partial charge in [0.05, 0.1) is 17.5 Å². The highest BCUT2D eigenvalue weighted by Gasteiger charge is 2.19. The number of halogens is 1. The number of nitrogens with one attached hydrogen (secondary N) is 1. The molecule has 0 aromatic heterocycles. The molecule has 0 unspecified atom stereocenters. The van der Waals surface area contributed by atoms with E-state index in [2.05, 4.69) is 21.2 Å². The summed E-state index contributed by atoms with van der Waals surface area (Å²) in [6.45, 7) is 1.92. The molecule has 5 nitrogen and oxygen atoms in total. The van der Waals surface area contributed by atoms with E-state index in [1.165, 1.54) is 7.05 Å². The van der Waals surface area contributed by atoms with Gasteiger partial charge in [-0.1, -0.05) is 28.1 Å². The molecule has 1 N–H and O–H groups in total. The fourth-order valence-corrected chi connectivity index (χ4v) is 2.80. The molecule has 0 atom stereocenters. The van der Waals surface area contributed by atoms with Crippen LogP contribution in [0.2, 0.25) is 0 Å². The summed E-state index contributed by atoms with van der Waals surface area (Å²) in [5, 5.41) is 2.79. The first-order valence-electron chi connectivity index (χ1n) is 6.80. The number of carbonyl (C=O) groups is 1. The van der Waals surface area contributed by atoms with Crippen LogP contribution in [0.4, 0.5) is 11.4 Å². The molecule has 0 saturated carbocycles. The Balaban J connectivity index is 2.35. The van der Waals surface area contributed by atoms with Gasteiger partial charge in [-0.15, -0.1) is 0 Å². The highest BCUT2D eigenvalue weighted by atomic mass is 79.9. The van der Waals surface area contributed by atoms with Gasteiger partial charge in [0.25, 0.3) is 5.91 Å². The molecule has 0 radical (unpaired) electrons. The normalized spacial score (nSPS) is 11.1. The molecule has 7 heteroatoms. The van der Waals surface area contributed by atoms with E-state index in [1.807, 2.05) is 19.1 Å². The topological polar surface area (TPSA) is 66.5 Å². The van der Waals surface area contributed by atoms with Gasteiger partial charge in [0.1, 0.15) is 0 Å². The molecule has 1 amide bonds. The van der Waals surface area contributed by atoms with Crippen molar-refractivity contribution in [1.82, 2.24) is 0 Å². The van der Waals surface area contributed by atoms with Crippen molar-refractivity contribution in [3.8, 4) is 0 Å². The minimum Gasteiger partial charge on any atom is -0.322 e. The summed E-state index contributed by atoms with van der Waals surface area (Å²) in [6.07, 6.45) is 1.10. The van der Waals surface area contributed by atoms with Crippen molar-refractivity contribution in [1.29, 1.82) is 0 Å². The summed E-state index contributed by atoms with van der Waals surface area (Å²) < 4.78 is 25.5. The molecule has 0 spiro atoms. The quantitative estimate of drug-likeness (QED) is 0.860. The van der Waals surface area contributed by atoms with Crippen molar-refractivity contribution in [3.05, 3.63) is 58.1 Å². The van der Waals surface area contributed by atoms with Crippen molar-refractivity contribution in [2.75, 3.05) is 22.9 Å². The monoisotopic (exact) mass is 396 g/mol. The number of anilines is 2. The van der Waals surface area contributed by atoms with Crippen molar-refractivity contribution in [2.24, 2.45) is 0 Å². The van der Waals surface area contributed by atoms with E-state index in [0.717, 1.165) is 20.6 Å². The Morgan fingerprint density at radius 2 is 1.83 bits per heavy atom. The summed E-state index contributed by atoms with van der Waals surface area (Å²) in [5.41, 5.74) is 2.26. The number of carbonyl (C=O) groups excluding carboxylic acids is 1. The molecule has 0 aliphatic rings. The third-order valence-corrected chi connectivity index (χ3v) is 5.48. The Labute approximate surface area is 144 Å². The molecule has 0 fully saturated rings. The number of nitrogens with zero attached hydrogens (tertiary/aromatic N) is 1. The lowest BCUT2D eigenvalue weighted by Crippen LogP contribution is -2.27.